The highest BCUT2D eigenvalue weighted by atomic mass is 19.2. The van der Waals surface area contributed by atoms with E-state index in [1.165, 1.54) is 6.07 Å². The predicted molar refractivity (Wildman–Crippen MR) is 85.1 cm³/mol. The molecular weight excluding hydrogens is 298 g/mol. The second-order valence-electron chi connectivity index (χ2n) is 6.64. The quantitative estimate of drug-likeness (QED) is 0.903. The molecule has 23 heavy (non-hydrogen) atoms. The Morgan fingerprint density at radius 3 is 2.65 bits per heavy atom. The largest absolute Gasteiger partial charge is 0.339 e. The van der Waals surface area contributed by atoms with E-state index in [-0.39, 0.29) is 17.7 Å². The van der Waals surface area contributed by atoms with Gasteiger partial charge in [0.1, 0.15) is 0 Å². The highest BCUT2D eigenvalue weighted by Crippen LogP contribution is 2.49. The molecule has 2 fully saturated rings. The molecular formula is C18H24F2N2O. The van der Waals surface area contributed by atoms with Crippen molar-refractivity contribution in [2.75, 3.05) is 19.6 Å². The van der Waals surface area contributed by atoms with Crippen LogP contribution in [0.5, 0.6) is 0 Å². The summed E-state index contributed by atoms with van der Waals surface area (Å²) < 4.78 is 26.4. The summed E-state index contributed by atoms with van der Waals surface area (Å²) in [4.78, 5) is 14.9. The number of carbonyl (C=O) groups excluding carboxylic acids is 1. The van der Waals surface area contributed by atoms with Gasteiger partial charge in [0.15, 0.2) is 11.6 Å². The molecule has 1 heterocycles. The van der Waals surface area contributed by atoms with Crippen molar-refractivity contribution < 1.29 is 13.6 Å². The molecule has 3 nitrogen and oxygen atoms in total. The summed E-state index contributed by atoms with van der Waals surface area (Å²) in [5.41, 5.74) is 0.740. The third kappa shape index (κ3) is 3.55. The van der Waals surface area contributed by atoms with Crippen LogP contribution >= 0.6 is 0 Å². The molecule has 2 atom stereocenters. The number of carbonyl (C=O) groups is 1. The zero-order valence-corrected chi connectivity index (χ0v) is 13.5. The molecule has 0 bridgehead atoms. The van der Waals surface area contributed by atoms with Crippen LogP contribution < -0.4 is 5.32 Å². The van der Waals surface area contributed by atoms with E-state index in [2.05, 4.69) is 12.2 Å². The highest BCUT2D eigenvalue weighted by Gasteiger charge is 2.46. The van der Waals surface area contributed by atoms with Crippen molar-refractivity contribution in [2.45, 2.75) is 44.6 Å². The number of hydrogen-bond donors (Lipinski definition) is 1. The van der Waals surface area contributed by atoms with Crippen LogP contribution in [0, 0.1) is 17.6 Å². The number of piperidine rings is 1. The molecule has 126 valence electrons. The van der Waals surface area contributed by atoms with Gasteiger partial charge in [0, 0.05) is 18.5 Å². The summed E-state index contributed by atoms with van der Waals surface area (Å²) in [6.07, 6.45) is 3.68. The van der Waals surface area contributed by atoms with Crippen molar-refractivity contribution in [3.05, 3.63) is 35.4 Å². The number of nitrogens with zero attached hydrogens (tertiary/aromatic N) is 1. The molecule has 1 aromatic carbocycles. The molecule has 1 aliphatic heterocycles. The lowest BCUT2D eigenvalue weighted by Crippen LogP contribution is -2.47. The lowest BCUT2D eigenvalue weighted by atomic mass is 10.0. The first-order valence-corrected chi connectivity index (χ1v) is 8.58. The normalized spacial score (nSPS) is 24.5. The minimum absolute atomic E-state index is 0.0404. The van der Waals surface area contributed by atoms with Gasteiger partial charge >= 0.3 is 0 Å². The van der Waals surface area contributed by atoms with Gasteiger partial charge in [-0.1, -0.05) is 13.0 Å². The Hall–Kier alpha value is -1.49. The van der Waals surface area contributed by atoms with E-state index in [0.717, 1.165) is 56.9 Å². The molecule has 1 amide bonds. The summed E-state index contributed by atoms with van der Waals surface area (Å²) in [6.45, 7) is 4.77. The van der Waals surface area contributed by atoms with Gasteiger partial charge in [-0.15, -0.1) is 0 Å². The van der Waals surface area contributed by atoms with Crippen LogP contribution in [0.2, 0.25) is 0 Å². The van der Waals surface area contributed by atoms with Gasteiger partial charge in [-0.05, 0) is 62.4 Å². The SMILES string of the molecule is CCCN(C(=O)C1CC1c1ccc(F)c(F)c1)C1CCNCC1. The second kappa shape index (κ2) is 6.95. The lowest BCUT2D eigenvalue weighted by Gasteiger charge is -2.35. The van der Waals surface area contributed by atoms with Crippen molar-refractivity contribution in [2.24, 2.45) is 5.92 Å². The van der Waals surface area contributed by atoms with Crippen LogP contribution in [0.4, 0.5) is 8.78 Å². The first kappa shape index (κ1) is 16.4. The fourth-order valence-electron chi connectivity index (χ4n) is 3.62. The standard InChI is InChI=1S/C18H24F2N2O/c1-2-9-22(13-5-7-21-8-6-13)18(23)15-11-14(15)12-3-4-16(19)17(20)10-12/h3-4,10,13-15,21H,2,5-9,11H2,1H3. The summed E-state index contributed by atoms with van der Waals surface area (Å²) in [7, 11) is 0. The Balaban J connectivity index is 1.68. The number of hydrogen-bond acceptors (Lipinski definition) is 2. The molecule has 1 saturated carbocycles. The van der Waals surface area contributed by atoms with Crippen molar-refractivity contribution in [3.63, 3.8) is 0 Å². The molecule has 3 rings (SSSR count). The molecule has 1 saturated heterocycles. The van der Waals surface area contributed by atoms with Crippen LogP contribution in [-0.2, 0) is 4.79 Å². The molecule has 0 aromatic heterocycles. The van der Waals surface area contributed by atoms with Gasteiger partial charge in [-0.2, -0.15) is 0 Å². The Labute approximate surface area is 136 Å². The van der Waals surface area contributed by atoms with Crippen molar-refractivity contribution >= 4 is 5.91 Å². The van der Waals surface area contributed by atoms with Gasteiger partial charge in [-0.3, -0.25) is 4.79 Å². The number of rotatable bonds is 5. The summed E-state index contributed by atoms with van der Waals surface area (Å²) in [5, 5.41) is 3.33. The van der Waals surface area contributed by atoms with Gasteiger partial charge in [0.2, 0.25) is 5.91 Å². The average Bonchev–Trinajstić information content (AvgIpc) is 3.36. The molecule has 2 aliphatic rings. The number of amides is 1. The maximum atomic E-state index is 13.4. The van der Waals surface area contributed by atoms with Gasteiger partial charge in [0.05, 0.1) is 0 Å². The van der Waals surface area contributed by atoms with Crippen LogP contribution in [0.25, 0.3) is 0 Å². The third-order valence-corrected chi connectivity index (χ3v) is 4.98. The predicted octanol–water partition coefficient (Wildman–Crippen LogP) is 3.06. The molecule has 1 aromatic rings. The van der Waals surface area contributed by atoms with E-state index >= 15 is 0 Å². The first-order valence-electron chi connectivity index (χ1n) is 8.58. The number of halogens is 2. The van der Waals surface area contributed by atoms with E-state index in [4.69, 9.17) is 0 Å². The van der Waals surface area contributed by atoms with Gasteiger partial charge in [0.25, 0.3) is 0 Å². The topological polar surface area (TPSA) is 32.3 Å². The third-order valence-electron chi connectivity index (χ3n) is 4.98. The zero-order valence-electron chi connectivity index (χ0n) is 13.5. The van der Waals surface area contributed by atoms with E-state index in [0.29, 0.717) is 6.04 Å². The van der Waals surface area contributed by atoms with Gasteiger partial charge < -0.3 is 10.2 Å². The van der Waals surface area contributed by atoms with Crippen LogP contribution in [0.1, 0.15) is 44.1 Å². The minimum Gasteiger partial charge on any atom is -0.339 e. The van der Waals surface area contributed by atoms with E-state index in [1.807, 2.05) is 4.90 Å². The molecule has 1 N–H and O–H groups in total. The minimum atomic E-state index is -0.834. The van der Waals surface area contributed by atoms with E-state index in [1.54, 1.807) is 6.07 Å². The van der Waals surface area contributed by atoms with Crippen molar-refractivity contribution in [1.82, 2.24) is 10.2 Å². The van der Waals surface area contributed by atoms with E-state index < -0.39 is 11.6 Å². The first-order chi connectivity index (χ1) is 11.1. The Kier molecular flexibility index (Phi) is 4.95. The van der Waals surface area contributed by atoms with Gasteiger partial charge in [-0.25, -0.2) is 8.78 Å². The summed E-state index contributed by atoms with van der Waals surface area (Å²) in [6, 6.07) is 4.31. The Morgan fingerprint density at radius 2 is 2.00 bits per heavy atom. The highest BCUT2D eigenvalue weighted by molar-refractivity contribution is 5.83. The van der Waals surface area contributed by atoms with Crippen LogP contribution in [-0.4, -0.2) is 36.5 Å². The number of benzene rings is 1. The maximum absolute atomic E-state index is 13.4. The van der Waals surface area contributed by atoms with Crippen molar-refractivity contribution in [1.29, 1.82) is 0 Å². The fourth-order valence-corrected chi connectivity index (χ4v) is 3.62. The van der Waals surface area contributed by atoms with Crippen molar-refractivity contribution in [3.8, 4) is 0 Å². The lowest BCUT2D eigenvalue weighted by molar-refractivity contribution is -0.135. The second-order valence-corrected chi connectivity index (χ2v) is 6.64. The smallest absolute Gasteiger partial charge is 0.226 e. The summed E-state index contributed by atoms with van der Waals surface area (Å²) >= 11 is 0. The van der Waals surface area contributed by atoms with Crippen LogP contribution in [0.15, 0.2) is 18.2 Å². The molecule has 5 heteroatoms. The monoisotopic (exact) mass is 322 g/mol. The zero-order chi connectivity index (χ0) is 16.4. The number of nitrogens with one attached hydrogen (secondary N) is 1. The Morgan fingerprint density at radius 1 is 1.26 bits per heavy atom. The maximum Gasteiger partial charge on any atom is 0.226 e. The molecule has 0 radical (unpaired) electrons. The molecule has 0 spiro atoms. The Bertz CT molecular complexity index is 572. The van der Waals surface area contributed by atoms with Crippen LogP contribution in [0.3, 0.4) is 0 Å². The van der Waals surface area contributed by atoms with E-state index in [9.17, 15) is 13.6 Å². The fraction of sp³-hybridized carbons (Fsp3) is 0.611. The molecule has 2 unspecified atom stereocenters. The average molecular weight is 322 g/mol. The molecule has 1 aliphatic carbocycles. The summed E-state index contributed by atoms with van der Waals surface area (Å²) in [5.74, 6) is -1.50.